The van der Waals surface area contributed by atoms with E-state index in [1.54, 1.807) is 18.2 Å². The second-order valence-electron chi connectivity index (χ2n) is 3.73. The molecule has 1 aromatic carbocycles. The first-order valence-corrected chi connectivity index (χ1v) is 5.24. The number of nitrogens with zero attached hydrogens (tertiary/aromatic N) is 1. The van der Waals surface area contributed by atoms with Crippen LogP contribution in [0.5, 0.6) is 0 Å². The lowest BCUT2D eigenvalue weighted by molar-refractivity contribution is 0.0958. The van der Waals surface area contributed by atoms with Crippen LogP contribution in [0.1, 0.15) is 10.4 Å². The van der Waals surface area contributed by atoms with Crippen molar-refractivity contribution < 1.29 is 4.79 Å². The van der Waals surface area contributed by atoms with Crippen LogP contribution in [0.25, 0.3) is 0 Å². The maximum atomic E-state index is 11.8. The van der Waals surface area contributed by atoms with Gasteiger partial charge in [-0.3, -0.25) is 4.79 Å². The minimum atomic E-state index is 0.0663. The van der Waals surface area contributed by atoms with Crippen molar-refractivity contribution in [1.29, 1.82) is 0 Å². The zero-order valence-corrected chi connectivity index (χ0v) is 10.2. The molecule has 0 atom stereocenters. The molecule has 0 heterocycles. The van der Waals surface area contributed by atoms with Crippen molar-refractivity contribution in [3.05, 3.63) is 29.8 Å². The number of benzene rings is 1. The van der Waals surface area contributed by atoms with Crippen LogP contribution in [-0.4, -0.2) is 36.4 Å². The highest BCUT2D eigenvalue weighted by atomic mass is 32.1. The van der Waals surface area contributed by atoms with Crippen LogP contribution in [0, 0.1) is 0 Å². The number of likely N-dealkylation sites (N-methyl/N-ethyl adjacent to an activating group) is 1. The lowest BCUT2D eigenvalue weighted by atomic mass is 10.1. The Kier molecular flexibility index (Phi) is 4.39. The Bertz CT molecular complexity index is 404. The van der Waals surface area contributed by atoms with Crippen molar-refractivity contribution in [2.75, 3.05) is 26.0 Å². The number of ketones is 1. The third kappa shape index (κ3) is 3.96. The molecule has 0 saturated heterocycles. The maximum Gasteiger partial charge on any atom is 0.176 e. The van der Waals surface area contributed by atoms with E-state index in [9.17, 15) is 4.79 Å². The fourth-order valence-corrected chi connectivity index (χ4v) is 1.41. The Hall–Kier alpha value is -1.46. The Labute approximate surface area is 100 Å². The number of nitrogens with one attached hydrogen (secondary N) is 1. The molecule has 86 valence electrons. The summed E-state index contributed by atoms with van der Waals surface area (Å²) in [6, 6.07) is 7.12. The number of nitrogens with two attached hydrogens (primary N) is 1. The summed E-state index contributed by atoms with van der Waals surface area (Å²) in [5.41, 5.74) is 6.74. The third-order valence-corrected chi connectivity index (χ3v) is 2.01. The summed E-state index contributed by atoms with van der Waals surface area (Å²) in [7, 11) is 3.71. The van der Waals surface area contributed by atoms with Crippen molar-refractivity contribution in [3.8, 4) is 0 Å². The van der Waals surface area contributed by atoms with E-state index in [2.05, 4.69) is 5.32 Å². The van der Waals surface area contributed by atoms with E-state index >= 15 is 0 Å². The molecule has 0 unspecified atom stereocenters. The molecule has 0 radical (unpaired) electrons. The molecule has 1 rings (SSSR count). The van der Waals surface area contributed by atoms with Crippen molar-refractivity contribution in [2.24, 2.45) is 5.73 Å². The van der Waals surface area contributed by atoms with Crippen LogP contribution >= 0.6 is 12.2 Å². The molecule has 1 aromatic rings. The first kappa shape index (κ1) is 12.6. The molecule has 0 bridgehead atoms. The Balaban J connectivity index is 2.81. The van der Waals surface area contributed by atoms with Crippen LogP contribution in [-0.2, 0) is 0 Å². The number of hydrogen-bond acceptors (Lipinski definition) is 3. The monoisotopic (exact) mass is 237 g/mol. The minimum Gasteiger partial charge on any atom is -0.376 e. The largest absolute Gasteiger partial charge is 0.376 e. The van der Waals surface area contributed by atoms with Crippen molar-refractivity contribution >= 4 is 28.8 Å². The Morgan fingerprint density at radius 2 is 2.19 bits per heavy atom. The van der Waals surface area contributed by atoms with Gasteiger partial charge in [-0.25, -0.2) is 0 Å². The van der Waals surface area contributed by atoms with E-state index in [0.717, 1.165) is 5.69 Å². The number of carbonyl (C=O) groups is 1. The average molecular weight is 237 g/mol. The van der Waals surface area contributed by atoms with Crippen LogP contribution in [0.3, 0.4) is 0 Å². The molecular weight excluding hydrogens is 222 g/mol. The van der Waals surface area contributed by atoms with Gasteiger partial charge in [0.05, 0.1) is 6.54 Å². The normalized spacial score (nSPS) is 10.2. The fraction of sp³-hybridized carbons (Fsp3) is 0.273. The van der Waals surface area contributed by atoms with Gasteiger partial charge in [-0.1, -0.05) is 12.1 Å². The van der Waals surface area contributed by atoms with Crippen molar-refractivity contribution in [3.63, 3.8) is 0 Å². The second-order valence-corrected chi connectivity index (χ2v) is 4.17. The second kappa shape index (κ2) is 5.58. The van der Waals surface area contributed by atoms with Crippen LogP contribution in [0.2, 0.25) is 0 Å². The number of thiocarbonyl (C=S) groups is 1. The molecule has 0 spiro atoms. The number of carbonyl (C=O) groups excluding carboxylic acids is 1. The van der Waals surface area contributed by atoms with Gasteiger partial charge in [-0.05, 0) is 38.4 Å². The molecule has 0 aliphatic heterocycles. The highest BCUT2D eigenvalue weighted by molar-refractivity contribution is 7.80. The predicted molar refractivity (Wildman–Crippen MR) is 69.7 cm³/mol. The van der Waals surface area contributed by atoms with Gasteiger partial charge in [-0.2, -0.15) is 0 Å². The van der Waals surface area contributed by atoms with Crippen molar-refractivity contribution in [2.45, 2.75) is 0 Å². The summed E-state index contributed by atoms with van der Waals surface area (Å²) in [5, 5.41) is 2.99. The van der Waals surface area contributed by atoms with Gasteiger partial charge in [0.1, 0.15) is 0 Å². The Morgan fingerprint density at radius 1 is 1.50 bits per heavy atom. The maximum absolute atomic E-state index is 11.8. The van der Waals surface area contributed by atoms with Gasteiger partial charge in [0.25, 0.3) is 0 Å². The van der Waals surface area contributed by atoms with Gasteiger partial charge in [0.2, 0.25) is 0 Å². The first-order valence-electron chi connectivity index (χ1n) is 4.83. The topological polar surface area (TPSA) is 58.4 Å². The van der Waals surface area contributed by atoms with Gasteiger partial charge in [0.15, 0.2) is 10.9 Å². The highest BCUT2D eigenvalue weighted by Gasteiger charge is 2.07. The lowest BCUT2D eigenvalue weighted by Crippen LogP contribution is -2.22. The lowest BCUT2D eigenvalue weighted by Gasteiger charge is -2.09. The summed E-state index contributed by atoms with van der Waals surface area (Å²) in [6.07, 6.45) is 0. The van der Waals surface area contributed by atoms with Crippen molar-refractivity contribution in [1.82, 2.24) is 4.90 Å². The van der Waals surface area contributed by atoms with Crippen LogP contribution < -0.4 is 11.1 Å². The fourth-order valence-electron chi connectivity index (χ4n) is 1.29. The zero-order chi connectivity index (χ0) is 12.1. The van der Waals surface area contributed by atoms with Crippen LogP contribution in [0.15, 0.2) is 24.3 Å². The SMILES string of the molecule is CN(C)CC(=O)c1cccc(NC(N)=S)c1. The van der Waals surface area contributed by atoms with Gasteiger partial charge in [0, 0.05) is 11.3 Å². The molecule has 0 aliphatic carbocycles. The molecule has 16 heavy (non-hydrogen) atoms. The molecule has 4 nitrogen and oxygen atoms in total. The standard InChI is InChI=1S/C11H15N3OS/c1-14(2)7-10(15)8-4-3-5-9(6-8)13-11(12)16/h3-6H,7H2,1-2H3,(H3,12,13,16). The van der Waals surface area contributed by atoms with Crippen LogP contribution in [0.4, 0.5) is 5.69 Å². The van der Waals surface area contributed by atoms with E-state index in [4.69, 9.17) is 18.0 Å². The summed E-state index contributed by atoms with van der Waals surface area (Å²) in [6.45, 7) is 0.385. The summed E-state index contributed by atoms with van der Waals surface area (Å²) < 4.78 is 0. The van der Waals surface area contributed by atoms with E-state index in [0.29, 0.717) is 12.1 Å². The Morgan fingerprint density at radius 3 is 2.75 bits per heavy atom. The zero-order valence-electron chi connectivity index (χ0n) is 9.36. The van der Waals surface area contributed by atoms with E-state index in [-0.39, 0.29) is 10.9 Å². The van der Waals surface area contributed by atoms with E-state index in [1.807, 2.05) is 25.1 Å². The van der Waals surface area contributed by atoms with E-state index < -0.39 is 0 Å². The number of rotatable bonds is 4. The number of anilines is 1. The van der Waals surface area contributed by atoms with Gasteiger partial charge >= 0.3 is 0 Å². The average Bonchev–Trinajstić information content (AvgIpc) is 2.16. The highest BCUT2D eigenvalue weighted by Crippen LogP contribution is 2.11. The van der Waals surface area contributed by atoms with Gasteiger partial charge < -0.3 is 16.0 Å². The first-order chi connectivity index (χ1) is 7.49. The molecule has 0 amide bonds. The van der Waals surface area contributed by atoms with E-state index in [1.165, 1.54) is 0 Å². The summed E-state index contributed by atoms with van der Waals surface area (Å²) in [5.74, 6) is 0.0663. The quantitative estimate of drug-likeness (QED) is 0.606. The summed E-state index contributed by atoms with van der Waals surface area (Å²) in [4.78, 5) is 13.6. The minimum absolute atomic E-state index is 0.0663. The molecule has 0 aliphatic rings. The van der Waals surface area contributed by atoms with Gasteiger partial charge in [-0.15, -0.1) is 0 Å². The molecule has 5 heteroatoms. The molecule has 3 N–H and O–H groups in total. The number of hydrogen-bond donors (Lipinski definition) is 2. The third-order valence-electron chi connectivity index (χ3n) is 1.91. The molecule has 0 saturated carbocycles. The number of Topliss-reactive ketones (excluding diaryl/α,β-unsaturated/α-hetero) is 1. The smallest absolute Gasteiger partial charge is 0.176 e. The molecule has 0 aromatic heterocycles. The summed E-state index contributed by atoms with van der Waals surface area (Å²) >= 11 is 4.73. The predicted octanol–water partition coefficient (Wildman–Crippen LogP) is 1.09. The molecule has 0 fully saturated rings. The molecular formula is C11H15N3OS.